The topological polar surface area (TPSA) is 60.2 Å². The Balaban J connectivity index is 1.97. The third-order valence-electron chi connectivity index (χ3n) is 3.27. The van der Waals surface area contributed by atoms with E-state index in [1.54, 1.807) is 6.20 Å². The van der Waals surface area contributed by atoms with Gasteiger partial charge in [0.15, 0.2) is 0 Å². The van der Waals surface area contributed by atoms with Crippen molar-refractivity contribution >= 4 is 27.8 Å². The molecule has 2 aromatic carbocycles. The van der Waals surface area contributed by atoms with Crippen molar-refractivity contribution in [3.8, 4) is 5.75 Å². The highest BCUT2D eigenvalue weighted by atomic mass is 16.5. The van der Waals surface area contributed by atoms with Crippen LogP contribution in [0.3, 0.4) is 0 Å². The molecule has 0 saturated heterocycles. The molecule has 1 aromatic heterocycles. The van der Waals surface area contributed by atoms with Crippen LogP contribution >= 0.6 is 0 Å². The fourth-order valence-electron chi connectivity index (χ4n) is 2.28. The molecule has 3 N–H and O–H groups in total. The van der Waals surface area contributed by atoms with E-state index in [1.807, 2.05) is 55.6 Å². The second kappa shape index (κ2) is 5.71. The molecule has 3 rings (SSSR count). The number of hydrogen-bond acceptors (Lipinski definition) is 4. The zero-order valence-electron chi connectivity index (χ0n) is 11.8. The second-order valence-electron chi connectivity index (χ2n) is 4.71. The monoisotopic (exact) mass is 279 g/mol. The molecule has 0 amide bonds. The lowest BCUT2D eigenvalue weighted by molar-refractivity contribution is 0.342. The Morgan fingerprint density at radius 1 is 1.19 bits per heavy atom. The predicted molar refractivity (Wildman–Crippen MR) is 87.0 cm³/mol. The first kappa shape index (κ1) is 13.2. The summed E-state index contributed by atoms with van der Waals surface area (Å²) in [5.74, 6) is 0.699. The molecule has 0 unspecified atom stereocenters. The van der Waals surface area contributed by atoms with Gasteiger partial charge in [0.05, 0.1) is 12.3 Å². The zero-order valence-corrected chi connectivity index (χ0v) is 11.8. The molecule has 106 valence electrons. The molecule has 4 heteroatoms. The normalized spacial score (nSPS) is 10.5. The van der Waals surface area contributed by atoms with Crippen molar-refractivity contribution in [3.05, 3.63) is 54.9 Å². The van der Waals surface area contributed by atoms with Crippen LogP contribution in [0.25, 0.3) is 10.8 Å². The third kappa shape index (κ3) is 2.74. The molecule has 4 nitrogen and oxygen atoms in total. The maximum Gasteiger partial charge on any atom is 0.144 e. The van der Waals surface area contributed by atoms with Crippen molar-refractivity contribution < 1.29 is 4.74 Å². The quantitative estimate of drug-likeness (QED) is 0.710. The van der Waals surface area contributed by atoms with E-state index in [1.165, 1.54) is 0 Å². The minimum atomic E-state index is 0.591. The number of aromatic nitrogens is 1. The van der Waals surface area contributed by atoms with E-state index in [0.717, 1.165) is 22.1 Å². The van der Waals surface area contributed by atoms with Crippen LogP contribution in [0.4, 0.5) is 17.1 Å². The highest BCUT2D eigenvalue weighted by molar-refractivity contribution is 5.94. The zero-order chi connectivity index (χ0) is 14.7. The smallest absolute Gasteiger partial charge is 0.144 e. The number of nitrogens with two attached hydrogens (primary N) is 1. The number of pyridine rings is 1. The van der Waals surface area contributed by atoms with Crippen LogP contribution in [-0.4, -0.2) is 11.6 Å². The van der Waals surface area contributed by atoms with Crippen molar-refractivity contribution in [1.82, 2.24) is 4.98 Å². The molecule has 0 fully saturated rings. The van der Waals surface area contributed by atoms with Crippen LogP contribution in [0, 0.1) is 0 Å². The molecule has 0 aliphatic heterocycles. The Labute approximate surface area is 123 Å². The first-order valence-corrected chi connectivity index (χ1v) is 6.90. The van der Waals surface area contributed by atoms with Crippen LogP contribution in [0.2, 0.25) is 0 Å². The molecule has 0 saturated carbocycles. The predicted octanol–water partition coefficient (Wildman–Crippen LogP) is 3.96. The van der Waals surface area contributed by atoms with E-state index < -0.39 is 0 Å². The maximum atomic E-state index is 5.90. The molecule has 0 aliphatic carbocycles. The number of fused-ring (bicyclic) bond motifs is 1. The minimum Gasteiger partial charge on any atom is -0.492 e. The number of nitrogen functional groups attached to an aromatic ring is 1. The van der Waals surface area contributed by atoms with Gasteiger partial charge < -0.3 is 15.8 Å². The van der Waals surface area contributed by atoms with E-state index >= 15 is 0 Å². The molecular weight excluding hydrogens is 262 g/mol. The summed E-state index contributed by atoms with van der Waals surface area (Å²) >= 11 is 0. The van der Waals surface area contributed by atoms with Crippen LogP contribution in [0.15, 0.2) is 54.9 Å². The summed E-state index contributed by atoms with van der Waals surface area (Å²) in [6.45, 7) is 2.53. The Hall–Kier alpha value is -2.75. The number of nitrogens with zero attached hydrogens (tertiary/aromatic N) is 1. The second-order valence-corrected chi connectivity index (χ2v) is 4.71. The summed E-state index contributed by atoms with van der Waals surface area (Å²) < 4.78 is 5.53. The van der Waals surface area contributed by atoms with Gasteiger partial charge in [0, 0.05) is 40.6 Å². The first-order valence-electron chi connectivity index (χ1n) is 6.90. The number of hydrogen-bond donors (Lipinski definition) is 2. The maximum absolute atomic E-state index is 5.90. The van der Waals surface area contributed by atoms with Crippen LogP contribution in [-0.2, 0) is 0 Å². The SMILES string of the molecule is CCOc1cc(Nc2cccc3cnccc23)ccc1N. The fourth-order valence-corrected chi connectivity index (χ4v) is 2.28. The average Bonchev–Trinajstić information content (AvgIpc) is 2.51. The molecule has 0 bridgehead atoms. The van der Waals surface area contributed by atoms with Gasteiger partial charge in [-0.15, -0.1) is 0 Å². The Morgan fingerprint density at radius 2 is 2.10 bits per heavy atom. The van der Waals surface area contributed by atoms with Crippen molar-refractivity contribution in [2.45, 2.75) is 6.92 Å². The lowest BCUT2D eigenvalue weighted by Crippen LogP contribution is -1.98. The summed E-state index contributed by atoms with van der Waals surface area (Å²) in [6, 6.07) is 13.8. The van der Waals surface area contributed by atoms with Gasteiger partial charge in [0.2, 0.25) is 0 Å². The summed E-state index contributed by atoms with van der Waals surface area (Å²) in [6.07, 6.45) is 3.65. The molecule has 1 heterocycles. The number of rotatable bonds is 4. The fraction of sp³-hybridized carbons (Fsp3) is 0.118. The highest BCUT2D eigenvalue weighted by Gasteiger charge is 2.04. The summed E-state index contributed by atoms with van der Waals surface area (Å²) in [4.78, 5) is 4.15. The van der Waals surface area contributed by atoms with Gasteiger partial charge in [-0.05, 0) is 31.2 Å². The van der Waals surface area contributed by atoms with Gasteiger partial charge in [-0.1, -0.05) is 12.1 Å². The summed E-state index contributed by atoms with van der Waals surface area (Å²) in [5, 5.41) is 5.64. The minimum absolute atomic E-state index is 0.591. The van der Waals surface area contributed by atoms with Gasteiger partial charge in [0.25, 0.3) is 0 Å². The lowest BCUT2D eigenvalue weighted by atomic mass is 10.1. The summed E-state index contributed by atoms with van der Waals surface area (Å²) in [5.41, 5.74) is 8.51. The Morgan fingerprint density at radius 3 is 2.95 bits per heavy atom. The Bertz CT molecular complexity index is 766. The number of ether oxygens (including phenoxy) is 1. The van der Waals surface area contributed by atoms with Gasteiger partial charge in [-0.2, -0.15) is 0 Å². The largest absolute Gasteiger partial charge is 0.492 e. The van der Waals surface area contributed by atoms with Crippen molar-refractivity contribution in [3.63, 3.8) is 0 Å². The van der Waals surface area contributed by atoms with E-state index in [2.05, 4.69) is 10.3 Å². The van der Waals surface area contributed by atoms with Gasteiger partial charge in [0.1, 0.15) is 5.75 Å². The molecule has 0 spiro atoms. The lowest BCUT2D eigenvalue weighted by Gasteiger charge is -2.12. The Kier molecular flexibility index (Phi) is 3.60. The van der Waals surface area contributed by atoms with E-state index in [9.17, 15) is 0 Å². The van der Waals surface area contributed by atoms with Crippen LogP contribution in [0.5, 0.6) is 5.75 Å². The number of anilines is 3. The molecular formula is C17H17N3O. The average molecular weight is 279 g/mol. The van der Waals surface area contributed by atoms with E-state index in [4.69, 9.17) is 10.5 Å². The standard InChI is InChI=1S/C17H17N3O/c1-2-21-17-10-13(6-7-15(17)18)20-16-5-3-4-12-11-19-9-8-14(12)16/h3-11,20H,2,18H2,1H3. The first-order chi connectivity index (χ1) is 10.3. The summed E-state index contributed by atoms with van der Waals surface area (Å²) in [7, 11) is 0. The van der Waals surface area contributed by atoms with Gasteiger partial charge in [-0.25, -0.2) is 0 Å². The van der Waals surface area contributed by atoms with Crippen LogP contribution in [0.1, 0.15) is 6.92 Å². The number of nitrogens with one attached hydrogen (secondary N) is 1. The third-order valence-corrected chi connectivity index (χ3v) is 3.27. The number of benzene rings is 2. The molecule has 21 heavy (non-hydrogen) atoms. The van der Waals surface area contributed by atoms with E-state index in [-0.39, 0.29) is 0 Å². The van der Waals surface area contributed by atoms with E-state index in [0.29, 0.717) is 18.0 Å². The van der Waals surface area contributed by atoms with Crippen molar-refractivity contribution in [2.75, 3.05) is 17.7 Å². The molecule has 0 radical (unpaired) electrons. The van der Waals surface area contributed by atoms with Gasteiger partial charge >= 0.3 is 0 Å². The van der Waals surface area contributed by atoms with Gasteiger partial charge in [-0.3, -0.25) is 4.98 Å². The van der Waals surface area contributed by atoms with Crippen molar-refractivity contribution in [2.24, 2.45) is 0 Å². The van der Waals surface area contributed by atoms with Crippen molar-refractivity contribution in [1.29, 1.82) is 0 Å². The van der Waals surface area contributed by atoms with Crippen LogP contribution < -0.4 is 15.8 Å². The molecule has 0 aliphatic rings. The molecule has 0 atom stereocenters. The highest BCUT2D eigenvalue weighted by Crippen LogP contribution is 2.30. The molecule has 3 aromatic rings.